The Morgan fingerprint density at radius 2 is 2.17 bits per heavy atom. The highest BCUT2D eigenvalue weighted by molar-refractivity contribution is 7.90. The average Bonchev–Trinajstić information content (AvgIpc) is 2.03. The zero-order chi connectivity index (χ0) is 9.19. The highest BCUT2D eigenvalue weighted by atomic mass is 32.2. The van der Waals surface area contributed by atoms with Crippen molar-refractivity contribution in [2.75, 3.05) is 13.4 Å². The van der Waals surface area contributed by atoms with Crippen LogP contribution in [0.2, 0.25) is 0 Å². The fraction of sp³-hybridized carbons (Fsp3) is 0.250. The Balaban J connectivity index is 3.20. The smallest absolute Gasteiger partial charge is 0.175 e. The van der Waals surface area contributed by atoms with Gasteiger partial charge < -0.3 is 4.74 Å². The predicted octanol–water partition coefficient (Wildman–Crippen LogP) is 0.899. The van der Waals surface area contributed by atoms with E-state index < -0.39 is 9.84 Å². The third kappa shape index (κ3) is 1.98. The molecule has 0 aliphatic heterocycles. The van der Waals surface area contributed by atoms with E-state index in [1.54, 1.807) is 0 Å². The van der Waals surface area contributed by atoms with Gasteiger partial charge in [0.15, 0.2) is 9.84 Å². The van der Waals surface area contributed by atoms with Gasteiger partial charge in [0.25, 0.3) is 0 Å². The van der Waals surface area contributed by atoms with Crippen LogP contribution in [0, 0.1) is 6.07 Å². The molecule has 1 radical (unpaired) electrons. The van der Waals surface area contributed by atoms with Gasteiger partial charge in [0, 0.05) is 12.3 Å². The molecular weight excluding hydrogens is 176 g/mol. The number of benzene rings is 1. The fourth-order valence-electron chi connectivity index (χ4n) is 0.773. The van der Waals surface area contributed by atoms with Gasteiger partial charge in [-0.15, -0.1) is 0 Å². The molecule has 0 aromatic heterocycles. The Morgan fingerprint density at radius 3 is 2.67 bits per heavy atom. The van der Waals surface area contributed by atoms with Crippen molar-refractivity contribution in [1.29, 1.82) is 0 Å². The van der Waals surface area contributed by atoms with E-state index in [4.69, 9.17) is 4.74 Å². The standard InChI is InChI=1S/C8H9O3S/c1-11-7-4-3-5-8(6-7)12(2,9)10/h3,5-6H,1-2H3. The van der Waals surface area contributed by atoms with Crippen LogP contribution >= 0.6 is 0 Å². The third-order valence-electron chi connectivity index (χ3n) is 1.39. The highest BCUT2D eigenvalue weighted by Gasteiger charge is 2.06. The first-order valence-electron chi connectivity index (χ1n) is 3.30. The lowest BCUT2D eigenvalue weighted by molar-refractivity contribution is 0.412. The molecule has 0 spiro atoms. The van der Waals surface area contributed by atoms with Gasteiger partial charge in [-0.1, -0.05) is 0 Å². The summed E-state index contributed by atoms with van der Waals surface area (Å²) >= 11 is 0. The second-order valence-corrected chi connectivity index (χ2v) is 4.38. The first-order chi connectivity index (χ1) is 5.54. The van der Waals surface area contributed by atoms with Crippen molar-refractivity contribution in [3.63, 3.8) is 0 Å². The Hall–Kier alpha value is -1.03. The van der Waals surface area contributed by atoms with Crippen molar-refractivity contribution in [2.45, 2.75) is 4.90 Å². The molecule has 0 N–H and O–H groups in total. The SMILES string of the molecule is COc1[c]ccc(S(C)(=O)=O)c1. The summed E-state index contributed by atoms with van der Waals surface area (Å²) in [6, 6.07) is 7.19. The summed E-state index contributed by atoms with van der Waals surface area (Å²) in [5.74, 6) is 0.429. The lowest BCUT2D eigenvalue weighted by Gasteiger charge is -2.00. The molecule has 0 unspecified atom stereocenters. The summed E-state index contributed by atoms with van der Waals surface area (Å²) in [5, 5.41) is 0. The molecule has 1 rings (SSSR count). The fourth-order valence-corrected chi connectivity index (χ4v) is 1.41. The molecule has 1 aromatic rings. The largest absolute Gasteiger partial charge is 0.496 e. The van der Waals surface area contributed by atoms with E-state index in [1.165, 1.54) is 25.3 Å². The van der Waals surface area contributed by atoms with Crippen LogP contribution in [-0.2, 0) is 9.84 Å². The maximum absolute atomic E-state index is 11.0. The summed E-state index contributed by atoms with van der Waals surface area (Å²) in [4.78, 5) is 0.248. The molecule has 0 saturated carbocycles. The quantitative estimate of drug-likeness (QED) is 0.687. The van der Waals surface area contributed by atoms with Crippen molar-refractivity contribution in [3.8, 4) is 5.75 Å². The molecule has 0 heterocycles. The number of hydrogen-bond acceptors (Lipinski definition) is 3. The van der Waals surface area contributed by atoms with Gasteiger partial charge in [0.1, 0.15) is 5.75 Å². The summed E-state index contributed by atoms with van der Waals surface area (Å²) in [6.45, 7) is 0. The molecule has 0 saturated heterocycles. The van der Waals surface area contributed by atoms with Crippen LogP contribution in [0.25, 0.3) is 0 Å². The lowest BCUT2D eigenvalue weighted by atomic mass is 10.3. The molecule has 12 heavy (non-hydrogen) atoms. The van der Waals surface area contributed by atoms with E-state index in [1.807, 2.05) is 0 Å². The minimum atomic E-state index is -3.14. The molecule has 1 aromatic carbocycles. The molecule has 0 aliphatic rings. The molecule has 3 nitrogen and oxygen atoms in total. The molecule has 0 atom stereocenters. The second kappa shape index (κ2) is 3.15. The maximum atomic E-state index is 11.0. The van der Waals surface area contributed by atoms with Crippen LogP contribution in [0.4, 0.5) is 0 Å². The molecular formula is C8H9O3S. The molecule has 0 bridgehead atoms. The average molecular weight is 185 g/mol. The summed E-state index contributed by atoms with van der Waals surface area (Å²) in [7, 11) is -1.67. The maximum Gasteiger partial charge on any atom is 0.175 e. The van der Waals surface area contributed by atoms with Crippen LogP contribution in [0.15, 0.2) is 23.1 Å². The third-order valence-corrected chi connectivity index (χ3v) is 2.50. The van der Waals surface area contributed by atoms with Crippen molar-refractivity contribution in [1.82, 2.24) is 0 Å². The number of sulfone groups is 1. The number of methoxy groups -OCH3 is 1. The highest BCUT2D eigenvalue weighted by Crippen LogP contribution is 2.15. The number of ether oxygens (including phenoxy) is 1. The van der Waals surface area contributed by atoms with Crippen molar-refractivity contribution in [2.24, 2.45) is 0 Å². The van der Waals surface area contributed by atoms with Crippen molar-refractivity contribution in [3.05, 3.63) is 24.3 Å². The van der Waals surface area contributed by atoms with E-state index in [0.29, 0.717) is 5.75 Å². The van der Waals surface area contributed by atoms with Gasteiger partial charge in [-0.05, 0) is 18.2 Å². The summed E-state index contributed by atoms with van der Waals surface area (Å²) in [5.41, 5.74) is 0. The van der Waals surface area contributed by atoms with E-state index in [9.17, 15) is 8.42 Å². The Bertz CT molecular complexity index is 368. The minimum Gasteiger partial charge on any atom is -0.496 e. The predicted molar refractivity (Wildman–Crippen MR) is 44.9 cm³/mol. The zero-order valence-corrected chi connectivity index (χ0v) is 7.68. The number of rotatable bonds is 2. The lowest BCUT2D eigenvalue weighted by Crippen LogP contribution is -1.97. The van der Waals surface area contributed by atoms with Gasteiger partial charge in [0.05, 0.1) is 12.0 Å². The molecule has 0 fully saturated rings. The van der Waals surface area contributed by atoms with Crippen molar-refractivity contribution < 1.29 is 13.2 Å². The normalized spacial score (nSPS) is 11.2. The topological polar surface area (TPSA) is 43.4 Å². The first-order valence-corrected chi connectivity index (χ1v) is 5.19. The van der Waals surface area contributed by atoms with E-state index in [0.717, 1.165) is 6.26 Å². The van der Waals surface area contributed by atoms with Crippen LogP contribution in [-0.4, -0.2) is 21.8 Å². The molecule has 0 aliphatic carbocycles. The molecule has 65 valence electrons. The number of hydrogen-bond donors (Lipinski definition) is 0. The Morgan fingerprint density at radius 1 is 1.50 bits per heavy atom. The van der Waals surface area contributed by atoms with Crippen LogP contribution in [0.3, 0.4) is 0 Å². The summed E-state index contributed by atoms with van der Waals surface area (Å²) < 4.78 is 26.9. The summed E-state index contributed by atoms with van der Waals surface area (Å²) in [6.07, 6.45) is 1.15. The van der Waals surface area contributed by atoms with Crippen molar-refractivity contribution >= 4 is 9.84 Å². The second-order valence-electron chi connectivity index (χ2n) is 2.36. The Labute approximate surface area is 71.9 Å². The van der Waals surface area contributed by atoms with Crippen LogP contribution in [0.1, 0.15) is 0 Å². The van der Waals surface area contributed by atoms with Gasteiger partial charge >= 0.3 is 0 Å². The van der Waals surface area contributed by atoms with Crippen LogP contribution < -0.4 is 4.74 Å². The van der Waals surface area contributed by atoms with E-state index in [2.05, 4.69) is 6.07 Å². The molecule has 4 heteroatoms. The van der Waals surface area contributed by atoms with Gasteiger partial charge in [0.2, 0.25) is 0 Å². The van der Waals surface area contributed by atoms with Crippen LogP contribution in [0.5, 0.6) is 5.75 Å². The Kier molecular flexibility index (Phi) is 2.38. The minimum absolute atomic E-state index is 0.248. The van der Waals surface area contributed by atoms with Gasteiger partial charge in [-0.2, -0.15) is 0 Å². The first kappa shape index (κ1) is 9.06. The van der Waals surface area contributed by atoms with E-state index >= 15 is 0 Å². The van der Waals surface area contributed by atoms with E-state index in [-0.39, 0.29) is 4.90 Å². The van der Waals surface area contributed by atoms with Gasteiger partial charge in [-0.3, -0.25) is 0 Å². The van der Waals surface area contributed by atoms with Gasteiger partial charge in [-0.25, -0.2) is 8.42 Å². The molecule has 0 amide bonds. The zero-order valence-electron chi connectivity index (χ0n) is 6.87. The monoisotopic (exact) mass is 185 g/mol.